The van der Waals surface area contributed by atoms with Gasteiger partial charge in [0.25, 0.3) is 0 Å². The zero-order chi connectivity index (χ0) is 16.6. The fraction of sp³-hybridized carbons (Fsp3) is 0.412. The molecule has 0 bridgehead atoms. The van der Waals surface area contributed by atoms with Crippen LogP contribution in [0.2, 0.25) is 0 Å². The standard InChI is InChI=1S/C17H22N4O2/c1-20(10-12-9-19-21(2)11-12)16(22)17(18)8-7-13-14(17)5-4-6-15(13)23-3/h4-6,9,11H,7-8,10,18H2,1-3H3. The number of aryl methyl sites for hydroxylation is 1. The van der Waals surface area contributed by atoms with Gasteiger partial charge in [-0.25, -0.2) is 0 Å². The second-order valence-electron chi connectivity index (χ2n) is 6.14. The summed E-state index contributed by atoms with van der Waals surface area (Å²) in [6.07, 6.45) is 5.01. The Hall–Kier alpha value is -2.34. The monoisotopic (exact) mass is 314 g/mol. The smallest absolute Gasteiger partial charge is 0.247 e. The molecule has 1 aromatic carbocycles. The summed E-state index contributed by atoms with van der Waals surface area (Å²) in [6, 6.07) is 5.73. The summed E-state index contributed by atoms with van der Waals surface area (Å²) in [5, 5.41) is 4.13. The van der Waals surface area contributed by atoms with Gasteiger partial charge in [0.15, 0.2) is 0 Å². The van der Waals surface area contributed by atoms with Crippen LogP contribution < -0.4 is 10.5 Å². The summed E-state index contributed by atoms with van der Waals surface area (Å²) in [5.41, 5.74) is 8.44. The molecule has 6 nitrogen and oxygen atoms in total. The molecular formula is C17H22N4O2. The number of amides is 1. The molecule has 0 saturated carbocycles. The quantitative estimate of drug-likeness (QED) is 0.920. The number of rotatable bonds is 4. The summed E-state index contributed by atoms with van der Waals surface area (Å²) >= 11 is 0. The first-order valence-electron chi connectivity index (χ1n) is 7.64. The van der Waals surface area contributed by atoms with Crippen molar-refractivity contribution in [3.05, 3.63) is 47.3 Å². The van der Waals surface area contributed by atoms with E-state index in [2.05, 4.69) is 5.10 Å². The molecule has 1 aliphatic rings. The van der Waals surface area contributed by atoms with Gasteiger partial charge < -0.3 is 15.4 Å². The van der Waals surface area contributed by atoms with Gasteiger partial charge in [0.05, 0.1) is 13.3 Å². The van der Waals surface area contributed by atoms with Crippen molar-refractivity contribution in [1.82, 2.24) is 14.7 Å². The van der Waals surface area contributed by atoms with Crippen molar-refractivity contribution in [2.45, 2.75) is 24.9 Å². The third kappa shape index (κ3) is 2.59. The number of aromatic nitrogens is 2. The maximum atomic E-state index is 13.0. The molecule has 6 heteroatoms. The van der Waals surface area contributed by atoms with E-state index in [1.54, 1.807) is 29.9 Å². The summed E-state index contributed by atoms with van der Waals surface area (Å²) in [6.45, 7) is 0.491. The minimum absolute atomic E-state index is 0.0756. The molecule has 0 radical (unpaired) electrons. The molecule has 3 rings (SSSR count). The fourth-order valence-corrected chi connectivity index (χ4v) is 3.35. The van der Waals surface area contributed by atoms with Crippen molar-refractivity contribution >= 4 is 5.91 Å². The number of carbonyl (C=O) groups is 1. The van der Waals surface area contributed by atoms with Crippen molar-refractivity contribution < 1.29 is 9.53 Å². The largest absolute Gasteiger partial charge is 0.496 e. The van der Waals surface area contributed by atoms with Gasteiger partial charge in [0.2, 0.25) is 5.91 Å². The molecule has 1 heterocycles. The van der Waals surface area contributed by atoms with Crippen molar-refractivity contribution in [2.75, 3.05) is 14.2 Å². The van der Waals surface area contributed by atoms with Gasteiger partial charge >= 0.3 is 0 Å². The van der Waals surface area contributed by atoms with E-state index in [0.29, 0.717) is 13.0 Å². The molecule has 1 amide bonds. The Morgan fingerprint density at radius 3 is 2.96 bits per heavy atom. The maximum Gasteiger partial charge on any atom is 0.247 e. The third-order valence-electron chi connectivity index (χ3n) is 4.51. The molecule has 2 aromatic rings. The summed E-state index contributed by atoms with van der Waals surface area (Å²) in [7, 11) is 5.28. The molecule has 1 aliphatic carbocycles. The number of likely N-dealkylation sites (N-methyl/N-ethyl adjacent to an activating group) is 1. The summed E-state index contributed by atoms with van der Waals surface area (Å²) in [5.74, 6) is 0.728. The van der Waals surface area contributed by atoms with E-state index >= 15 is 0 Å². The maximum absolute atomic E-state index is 13.0. The van der Waals surface area contributed by atoms with Crippen LogP contribution in [0.1, 0.15) is 23.1 Å². The van der Waals surface area contributed by atoms with Crippen LogP contribution in [0, 0.1) is 0 Å². The number of carbonyl (C=O) groups excluding carboxylic acids is 1. The first kappa shape index (κ1) is 15.6. The van der Waals surface area contributed by atoms with Crippen LogP contribution in [0.25, 0.3) is 0 Å². The van der Waals surface area contributed by atoms with E-state index in [0.717, 1.165) is 28.9 Å². The van der Waals surface area contributed by atoms with Gasteiger partial charge in [-0.1, -0.05) is 12.1 Å². The molecule has 1 aromatic heterocycles. The number of hydrogen-bond donors (Lipinski definition) is 1. The van der Waals surface area contributed by atoms with Gasteiger partial charge in [-0.05, 0) is 30.0 Å². The normalized spacial score (nSPS) is 19.5. The second kappa shape index (κ2) is 5.70. The highest BCUT2D eigenvalue weighted by Gasteiger charge is 2.44. The van der Waals surface area contributed by atoms with E-state index in [-0.39, 0.29) is 5.91 Å². The van der Waals surface area contributed by atoms with Crippen LogP contribution in [-0.2, 0) is 30.3 Å². The van der Waals surface area contributed by atoms with Crippen LogP contribution >= 0.6 is 0 Å². The topological polar surface area (TPSA) is 73.4 Å². The number of benzene rings is 1. The van der Waals surface area contributed by atoms with Gasteiger partial charge in [0, 0.05) is 32.4 Å². The van der Waals surface area contributed by atoms with E-state index in [1.807, 2.05) is 31.4 Å². The molecule has 0 spiro atoms. The molecule has 2 N–H and O–H groups in total. The van der Waals surface area contributed by atoms with E-state index in [1.165, 1.54) is 0 Å². The van der Waals surface area contributed by atoms with E-state index in [9.17, 15) is 4.79 Å². The highest BCUT2D eigenvalue weighted by atomic mass is 16.5. The Balaban J connectivity index is 1.86. The first-order chi connectivity index (χ1) is 11.0. The van der Waals surface area contributed by atoms with Crippen LogP contribution in [-0.4, -0.2) is 34.7 Å². The first-order valence-corrected chi connectivity index (χ1v) is 7.64. The van der Waals surface area contributed by atoms with Crippen molar-refractivity contribution in [3.63, 3.8) is 0 Å². The summed E-state index contributed by atoms with van der Waals surface area (Å²) < 4.78 is 7.12. The lowest BCUT2D eigenvalue weighted by atomic mass is 9.91. The Kier molecular flexibility index (Phi) is 3.85. The lowest BCUT2D eigenvalue weighted by Gasteiger charge is -2.29. The molecule has 122 valence electrons. The lowest BCUT2D eigenvalue weighted by molar-refractivity contribution is -0.136. The predicted molar refractivity (Wildman–Crippen MR) is 86.9 cm³/mol. The van der Waals surface area contributed by atoms with Crippen LogP contribution in [0.3, 0.4) is 0 Å². The van der Waals surface area contributed by atoms with Gasteiger partial charge in [0.1, 0.15) is 11.3 Å². The summed E-state index contributed by atoms with van der Waals surface area (Å²) in [4.78, 5) is 14.6. The third-order valence-corrected chi connectivity index (χ3v) is 4.51. The zero-order valence-electron chi connectivity index (χ0n) is 13.7. The average Bonchev–Trinajstić information content (AvgIpc) is 3.11. The van der Waals surface area contributed by atoms with E-state index < -0.39 is 5.54 Å². The highest BCUT2D eigenvalue weighted by Crippen LogP contribution is 2.40. The molecule has 23 heavy (non-hydrogen) atoms. The number of nitrogens with two attached hydrogens (primary N) is 1. The Bertz CT molecular complexity index is 740. The Morgan fingerprint density at radius 2 is 2.30 bits per heavy atom. The number of ether oxygens (including phenoxy) is 1. The van der Waals surface area contributed by atoms with Gasteiger partial charge in [-0.2, -0.15) is 5.10 Å². The lowest BCUT2D eigenvalue weighted by Crippen LogP contribution is -2.50. The minimum atomic E-state index is -0.985. The van der Waals surface area contributed by atoms with Crippen LogP contribution in [0.5, 0.6) is 5.75 Å². The molecule has 1 unspecified atom stereocenters. The zero-order valence-corrected chi connectivity index (χ0v) is 13.7. The molecule has 1 atom stereocenters. The molecule has 0 saturated heterocycles. The fourth-order valence-electron chi connectivity index (χ4n) is 3.35. The Morgan fingerprint density at radius 1 is 1.52 bits per heavy atom. The minimum Gasteiger partial charge on any atom is -0.496 e. The number of methoxy groups -OCH3 is 1. The predicted octanol–water partition coefficient (Wildman–Crippen LogP) is 1.19. The average molecular weight is 314 g/mol. The number of hydrogen-bond acceptors (Lipinski definition) is 4. The van der Waals surface area contributed by atoms with Gasteiger partial charge in [-0.3, -0.25) is 9.48 Å². The molecular weight excluding hydrogens is 292 g/mol. The number of fused-ring (bicyclic) bond motifs is 1. The van der Waals surface area contributed by atoms with Gasteiger partial charge in [-0.15, -0.1) is 0 Å². The number of nitrogens with zero attached hydrogens (tertiary/aromatic N) is 3. The van der Waals surface area contributed by atoms with Crippen LogP contribution in [0.15, 0.2) is 30.6 Å². The molecule has 0 fully saturated rings. The Labute approximate surface area is 135 Å². The van der Waals surface area contributed by atoms with E-state index in [4.69, 9.17) is 10.5 Å². The van der Waals surface area contributed by atoms with Crippen LogP contribution in [0.4, 0.5) is 0 Å². The second-order valence-corrected chi connectivity index (χ2v) is 6.14. The van der Waals surface area contributed by atoms with Crippen molar-refractivity contribution in [2.24, 2.45) is 12.8 Å². The molecule has 0 aliphatic heterocycles. The van der Waals surface area contributed by atoms with Crippen molar-refractivity contribution in [3.8, 4) is 5.75 Å². The van der Waals surface area contributed by atoms with Crippen molar-refractivity contribution in [1.29, 1.82) is 0 Å². The SMILES string of the molecule is COc1cccc2c1CCC2(N)C(=O)N(C)Cc1cnn(C)c1. The highest BCUT2D eigenvalue weighted by molar-refractivity contribution is 5.89.